The van der Waals surface area contributed by atoms with Gasteiger partial charge >= 0.3 is 0 Å². The quantitative estimate of drug-likeness (QED) is 0.913. The number of anilines is 1. The Kier molecular flexibility index (Phi) is 4.27. The summed E-state index contributed by atoms with van der Waals surface area (Å²) in [4.78, 5) is 5.17. The molecule has 2 aliphatic rings. The van der Waals surface area contributed by atoms with E-state index < -0.39 is 0 Å². The average molecular weight is 273 g/mol. The van der Waals surface area contributed by atoms with Gasteiger partial charge in [-0.1, -0.05) is 12.1 Å². The second-order valence-corrected chi connectivity index (χ2v) is 6.43. The summed E-state index contributed by atoms with van der Waals surface area (Å²) in [5.74, 6) is 0. The summed E-state index contributed by atoms with van der Waals surface area (Å²) >= 11 is 0. The smallest absolute Gasteiger partial charge is 0.0372 e. The largest absolute Gasteiger partial charge is 0.385 e. The van der Waals surface area contributed by atoms with E-state index >= 15 is 0 Å². The van der Waals surface area contributed by atoms with Crippen LogP contribution in [0.1, 0.15) is 31.4 Å². The molecular formula is C17H27N3. The van der Waals surface area contributed by atoms with Crippen molar-refractivity contribution >= 4 is 5.69 Å². The van der Waals surface area contributed by atoms with Crippen LogP contribution in [-0.4, -0.2) is 48.6 Å². The van der Waals surface area contributed by atoms with Gasteiger partial charge in [-0.3, -0.25) is 9.80 Å². The molecule has 0 saturated carbocycles. The minimum atomic E-state index is 0.687. The fraction of sp³-hybridized carbons (Fsp3) is 0.647. The number of hydrogen-bond acceptors (Lipinski definition) is 3. The van der Waals surface area contributed by atoms with Gasteiger partial charge in [-0.2, -0.15) is 0 Å². The van der Waals surface area contributed by atoms with Crippen molar-refractivity contribution < 1.29 is 0 Å². The topological polar surface area (TPSA) is 18.5 Å². The highest BCUT2D eigenvalue weighted by Gasteiger charge is 2.19. The van der Waals surface area contributed by atoms with E-state index in [9.17, 15) is 0 Å². The zero-order valence-electron chi connectivity index (χ0n) is 12.9. The highest BCUT2D eigenvalue weighted by atomic mass is 15.3. The first-order valence-corrected chi connectivity index (χ1v) is 8.04. The Balaban J connectivity index is 1.59. The van der Waals surface area contributed by atoms with Gasteiger partial charge in [-0.05, 0) is 43.9 Å². The predicted molar refractivity (Wildman–Crippen MR) is 85.2 cm³/mol. The van der Waals surface area contributed by atoms with Gasteiger partial charge in [-0.25, -0.2) is 0 Å². The van der Waals surface area contributed by atoms with Crippen LogP contribution in [0.4, 0.5) is 5.69 Å². The molecule has 0 aromatic heterocycles. The van der Waals surface area contributed by atoms with Crippen LogP contribution >= 0.6 is 0 Å². The fourth-order valence-electron chi connectivity index (χ4n) is 3.32. The van der Waals surface area contributed by atoms with Crippen molar-refractivity contribution in [2.24, 2.45) is 0 Å². The van der Waals surface area contributed by atoms with E-state index in [1.807, 2.05) is 0 Å². The number of fused-ring (bicyclic) bond motifs is 1. The van der Waals surface area contributed by atoms with Crippen molar-refractivity contribution in [1.29, 1.82) is 0 Å². The van der Waals surface area contributed by atoms with Crippen molar-refractivity contribution in [3.05, 3.63) is 29.3 Å². The van der Waals surface area contributed by atoms with E-state index in [0.717, 1.165) is 13.1 Å². The molecule has 2 heterocycles. The Morgan fingerprint density at radius 2 is 1.95 bits per heavy atom. The van der Waals surface area contributed by atoms with Crippen molar-refractivity contribution in [3.63, 3.8) is 0 Å². The van der Waals surface area contributed by atoms with Gasteiger partial charge in [0.1, 0.15) is 0 Å². The molecule has 3 rings (SSSR count). The Hall–Kier alpha value is -1.06. The molecular weight excluding hydrogens is 246 g/mol. The first kappa shape index (κ1) is 13.9. The van der Waals surface area contributed by atoms with Crippen LogP contribution in [-0.2, 0) is 13.0 Å². The molecule has 0 atom stereocenters. The summed E-state index contributed by atoms with van der Waals surface area (Å²) in [5, 5.41) is 3.49. The summed E-state index contributed by atoms with van der Waals surface area (Å²) < 4.78 is 0. The first-order chi connectivity index (χ1) is 9.72. The number of rotatable bonds is 3. The summed E-state index contributed by atoms with van der Waals surface area (Å²) in [6.07, 6.45) is 2.50. The zero-order valence-corrected chi connectivity index (χ0v) is 12.9. The highest BCUT2D eigenvalue weighted by molar-refractivity contribution is 5.54. The molecule has 110 valence electrons. The SMILES string of the molecule is CC(C)N1CCN(Cc2ccc3c(c2)CCCN3)CC1. The molecule has 2 aliphatic heterocycles. The predicted octanol–water partition coefficient (Wildman–Crippen LogP) is 2.57. The maximum Gasteiger partial charge on any atom is 0.0372 e. The number of piperazine rings is 1. The second kappa shape index (κ2) is 6.15. The van der Waals surface area contributed by atoms with Crippen LogP contribution in [0.15, 0.2) is 18.2 Å². The third-order valence-corrected chi connectivity index (χ3v) is 4.65. The van der Waals surface area contributed by atoms with Crippen LogP contribution in [0.2, 0.25) is 0 Å². The fourth-order valence-corrected chi connectivity index (χ4v) is 3.32. The number of aryl methyl sites for hydroxylation is 1. The molecule has 0 amide bonds. The van der Waals surface area contributed by atoms with Crippen LogP contribution in [0.25, 0.3) is 0 Å². The van der Waals surface area contributed by atoms with Gasteiger partial charge in [0.15, 0.2) is 0 Å². The molecule has 3 heteroatoms. The van der Waals surface area contributed by atoms with Crippen LogP contribution in [0, 0.1) is 0 Å². The number of hydrogen-bond donors (Lipinski definition) is 1. The monoisotopic (exact) mass is 273 g/mol. The van der Waals surface area contributed by atoms with E-state index in [4.69, 9.17) is 0 Å². The highest BCUT2D eigenvalue weighted by Crippen LogP contribution is 2.23. The lowest BCUT2D eigenvalue weighted by molar-refractivity contribution is 0.104. The average Bonchev–Trinajstić information content (AvgIpc) is 2.48. The van der Waals surface area contributed by atoms with Gasteiger partial charge < -0.3 is 5.32 Å². The molecule has 0 bridgehead atoms. The lowest BCUT2D eigenvalue weighted by Gasteiger charge is -2.37. The van der Waals surface area contributed by atoms with E-state index in [0.29, 0.717) is 6.04 Å². The Morgan fingerprint density at radius 1 is 1.15 bits per heavy atom. The van der Waals surface area contributed by atoms with Crippen molar-refractivity contribution in [2.75, 3.05) is 38.0 Å². The first-order valence-electron chi connectivity index (χ1n) is 8.04. The summed E-state index contributed by atoms with van der Waals surface area (Å²) in [5.41, 5.74) is 4.34. The van der Waals surface area contributed by atoms with Crippen LogP contribution < -0.4 is 5.32 Å². The Morgan fingerprint density at radius 3 is 2.70 bits per heavy atom. The third kappa shape index (κ3) is 3.15. The van der Waals surface area contributed by atoms with Gasteiger partial charge in [0.25, 0.3) is 0 Å². The van der Waals surface area contributed by atoms with Crippen LogP contribution in [0.5, 0.6) is 0 Å². The molecule has 0 radical (unpaired) electrons. The van der Waals surface area contributed by atoms with Crippen molar-refractivity contribution in [2.45, 2.75) is 39.3 Å². The standard InChI is InChI=1S/C17H27N3/c1-14(2)20-10-8-19(9-11-20)13-15-5-6-17-16(12-15)4-3-7-18-17/h5-6,12,14,18H,3-4,7-11,13H2,1-2H3. The zero-order chi connectivity index (χ0) is 13.9. The van der Waals surface area contributed by atoms with Gasteiger partial charge in [0.2, 0.25) is 0 Å². The molecule has 1 fully saturated rings. The molecule has 0 aliphatic carbocycles. The molecule has 1 saturated heterocycles. The lowest BCUT2D eigenvalue weighted by atomic mass is 10.0. The summed E-state index contributed by atoms with van der Waals surface area (Å²) in [6.45, 7) is 11.7. The normalized spacial score (nSPS) is 20.8. The lowest BCUT2D eigenvalue weighted by Crippen LogP contribution is -2.48. The Bertz CT molecular complexity index is 448. The van der Waals surface area contributed by atoms with Crippen molar-refractivity contribution in [3.8, 4) is 0 Å². The van der Waals surface area contributed by atoms with Gasteiger partial charge in [0, 0.05) is 51.0 Å². The molecule has 1 N–H and O–H groups in total. The minimum absolute atomic E-state index is 0.687. The van der Waals surface area contributed by atoms with Crippen molar-refractivity contribution in [1.82, 2.24) is 9.80 Å². The molecule has 0 spiro atoms. The van der Waals surface area contributed by atoms with E-state index in [1.54, 1.807) is 0 Å². The molecule has 1 aromatic rings. The summed E-state index contributed by atoms with van der Waals surface area (Å²) in [6, 6.07) is 7.67. The van der Waals surface area contributed by atoms with Gasteiger partial charge in [-0.15, -0.1) is 0 Å². The van der Waals surface area contributed by atoms with E-state index in [2.05, 4.69) is 47.2 Å². The van der Waals surface area contributed by atoms with Gasteiger partial charge in [0.05, 0.1) is 0 Å². The number of nitrogens with zero attached hydrogens (tertiary/aromatic N) is 2. The molecule has 0 unspecified atom stereocenters. The second-order valence-electron chi connectivity index (χ2n) is 6.43. The third-order valence-electron chi connectivity index (χ3n) is 4.65. The number of nitrogens with one attached hydrogen (secondary N) is 1. The maximum atomic E-state index is 3.49. The van der Waals surface area contributed by atoms with Crippen LogP contribution in [0.3, 0.4) is 0 Å². The van der Waals surface area contributed by atoms with E-state index in [-0.39, 0.29) is 0 Å². The molecule has 20 heavy (non-hydrogen) atoms. The molecule has 3 nitrogen and oxygen atoms in total. The summed E-state index contributed by atoms with van der Waals surface area (Å²) in [7, 11) is 0. The maximum absolute atomic E-state index is 3.49. The number of benzene rings is 1. The minimum Gasteiger partial charge on any atom is -0.385 e. The Labute approximate surface area is 123 Å². The molecule has 1 aromatic carbocycles. The van der Waals surface area contributed by atoms with E-state index in [1.165, 1.54) is 55.8 Å².